The molecule has 0 aliphatic rings. The maximum Gasteiger partial charge on any atom is 0.324 e. The Morgan fingerprint density at radius 3 is 2.24 bits per heavy atom. The van der Waals surface area contributed by atoms with Crippen molar-refractivity contribution in [2.45, 2.75) is 23.9 Å². The van der Waals surface area contributed by atoms with Crippen LogP contribution in [-0.2, 0) is 30.9 Å². The summed E-state index contributed by atoms with van der Waals surface area (Å²) >= 11 is 1.48. The average Bonchev–Trinajstić information content (AvgIpc) is 2.80. The molecule has 2 aromatic rings. The lowest BCUT2D eigenvalue weighted by Crippen LogP contribution is -2.43. The Morgan fingerprint density at radius 1 is 1.03 bits per heavy atom. The Balaban J connectivity index is 1.95. The topological polar surface area (TPSA) is 96.0 Å². The Kier molecular flexibility index (Phi) is 10.2. The van der Waals surface area contributed by atoms with Gasteiger partial charge >= 0.3 is 5.97 Å². The van der Waals surface area contributed by atoms with Crippen molar-refractivity contribution >= 4 is 39.3 Å². The summed E-state index contributed by atoms with van der Waals surface area (Å²) in [6.07, 6.45) is 2.10. The van der Waals surface area contributed by atoms with E-state index in [9.17, 15) is 18.0 Å². The van der Waals surface area contributed by atoms with Crippen LogP contribution in [0.3, 0.4) is 0 Å². The van der Waals surface area contributed by atoms with Crippen LogP contribution in [-0.4, -0.2) is 71.0 Å². The fraction of sp³-hybridized carbons (Fsp3) is 0.391. The fourth-order valence-corrected chi connectivity index (χ4v) is 4.63. The standard InChI is InChI=1S/C23H31N3O5S2/c1-25(2)19-12-10-18(11-13-19)16-26(3)22(27)17-31-23(28)21(14-15-32-4)24-33(29,30)20-8-6-5-7-9-20/h5-13,21,24H,14-17H2,1-4H3. The average molecular weight is 494 g/mol. The number of benzene rings is 2. The second-order valence-corrected chi connectivity index (χ2v) is 10.4. The predicted octanol–water partition coefficient (Wildman–Crippen LogP) is 2.35. The number of hydrogen-bond acceptors (Lipinski definition) is 7. The zero-order valence-electron chi connectivity index (χ0n) is 19.4. The minimum Gasteiger partial charge on any atom is -0.454 e. The van der Waals surface area contributed by atoms with Gasteiger partial charge in [0.1, 0.15) is 6.04 Å². The van der Waals surface area contributed by atoms with Crippen LogP contribution in [0.5, 0.6) is 0 Å². The van der Waals surface area contributed by atoms with Gasteiger partial charge in [-0.15, -0.1) is 0 Å². The van der Waals surface area contributed by atoms with E-state index >= 15 is 0 Å². The van der Waals surface area contributed by atoms with E-state index in [1.54, 1.807) is 25.2 Å². The molecule has 0 spiro atoms. The van der Waals surface area contributed by atoms with E-state index in [1.165, 1.54) is 28.8 Å². The molecule has 0 fully saturated rings. The first-order valence-electron chi connectivity index (χ1n) is 10.4. The lowest BCUT2D eigenvalue weighted by Gasteiger charge is -2.20. The maximum absolute atomic E-state index is 12.6. The fourth-order valence-electron chi connectivity index (χ4n) is 2.92. The smallest absolute Gasteiger partial charge is 0.324 e. The Labute approximate surface area is 200 Å². The summed E-state index contributed by atoms with van der Waals surface area (Å²) in [5.74, 6) is -0.608. The van der Waals surface area contributed by atoms with Gasteiger partial charge in [-0.05, 0) is 48.3 Å². The van der Waals surface area contributed by atoms with Gasteiger partial charge in [0.05, 0.1) is 4.90 Å². The summed E-state index contributed by atoms with van der Waals surface area (Å²) in [5, 5.41) is 0. The van der Waals surface area contributed by atoms with Gasteiger partial charge < -0.3 is 14.5 Å². The number of carbonyl (C=O) groups is 2. The number of anilines is 1. The molecule has 0 heterocycles. The molecule has 0 aliphatic carbocycles. The third-order valence-electron chi connectivity index (χ3n) is 4.88. The predicted molar refractivity (Wildman–Crippen MR) is 132 cm³/mol. The molecular formula is C23H31N3O5S2. The Morgan fingerprint density at radius 2 is 1.67 bits per heavy atom. The van der Waals surface area contributed by atoms with Crippen molar-refractivity contribution in [3.05, 3.63) is 60.2 Å². The molecule has 1 atom stereocenters. The Bertz CT molecular complexity index is 1010. The highest BCUT2D eigenvalue weighted by molar-refractivity contribution is 7.98. The molecule has 0 aliphatic heterocycles. The molecule has 0 radical (unpaired) electrons. The van der Waals surface area contributed by atoms with Crippen LogP contribution in [0.25, 0.3) is 0 Å². The zero-order valence-corrected chi connectivity index (χ0v) is 21.0. The summed E-state index contributed by atoms with van der Waals surface area (Å²) in [5.41, 5.74) is 1.99. The summed E-state index contributed by atoms with van der Waals surface area (Å²) in [7, 11) is 1.62. The van der Waals surface area contributed by atoms with E-state index in [1.807, 2.05) is 49.5 Å². The molecule has 2 aromatic carbocycles. The van der Waals surface area contributed by atoms with Crippen molar-refractivity contribution in [3.8, 4) is 0 Å². The first-order valence-corrected chi connectivity index (χ1v) is 13.2. The summed E-state index contributed by atoms with van der Waals surface area (Å²) < 4.78 is 32.8. The van der Waals surface area contributed by atoms with Crippen LogP contribution in [0, 0.1) is 0 Å². The van der Waals surface area contributed by atoms with Crippen molar-refractivity contribution in [3.63, 3.8) is 0 Å². The highest BCUT2D eigenvalue weighted by Crippen LogP contribution is 2.14. The van der Waals surface area contributed by atoms with E-state index in [4.69, 9.17) is 4.74 Å². The van der Waals surface area contributed by atoms with E-state index in [0.717, 1.165) is 11.3 Å². The number of thioether (sulfide) groups is 1. The van der Waals surface area contributed by atoms with E-state index in [0.29, 0.717) is 12.3 Å². The zero-order chi connectivity index (χ0) is 24.4. The van der Waals surface area contributed by atoms with Gasteiger partial charge in [0.15, 0.2) is 6.61 Å². The van der Waals surface area contributed by atoms with Crippen molar-refractivity contribution in [2.24, 2.45) is 0 Å². The minimum atomic E-state index is -3.90. The summed E-state index contributed by atoms with van der Waals surface area (Å²) in [4.78, 5) is 28.6. The largest absolute Gasteiger partial charge is 0.454 e. The molecule has 8 nitrogen and oxygen atoms in total. The first kappa shape index (κ1) is 26.7. The van der Waals surface area contributed by atoms with Crippen molar-refractivity contribution in [2.75, 3.05) is 44.7 Å². The minimum absolute atomic E-state index is 0.0584. The molecule has 180 valence electrons. The van der Waals surface area contributed by atoms with Gasteiger partial charge in [-0.3, -0.25) is 9.59 Å². The molecule has 33 heavy (non-hydrogen) atoms. The summed E-state index contributed by atoms with van der Waals surface area (Å²) in [6, 6.07) is 14.5. The molecule has 0 aromatic heterocycles. The molecule has 1 unspecified atom stereocenters. The van der Waals surface area contributed by atoms with Crippen LogP contribution >= 0.6 is 11.8 Å². The van der Waals surface area contributed by atoms with Crippen LogP contribution in [0.4, 0.5) is 5.69 Å². The number of nitrogens with zero attached hydrogens (tertiary/aromatic N) is 2. The van der Waals surface area contributed by atoms with Crippen LogP contribution in [0.1, 0.15) is 12.0 Å². The van der Waals surface area contributed by atoms with Gasteiger partial charge in [0, 0.05) is 33.4 Å². The number of rotatable bonds is 12. The molecule has 0 saturated heterocycles. The third-order valence-corrected chi connectivity index (χ3v) is 7.01. The highest BCUT2D eigenvalue weighted by Gasteiger charge is 2.27. The van der Waals surface area contributed by atoms with Crippen molar-refractivity contribution in [1.29, 1.82) is 0 Å². The second-order valence-electron chi connectivity index (χ2n) is 7.69. The first-order chi connectivity index (χ1) is 15.6. The quantitative estimate of drug-likeness (QED) is 0.454. The van der Waals surface area contributed by atoms with Gasteiger partial charge in [0.2, 0.25) is 10.0 Å². The molecule has 1 amide bonds. The lowest BCUT2D eigenvalue weighted by atomic mass is 10.2. The van der Waals surface area contributed by atoms with Gasteiger partial charge in [0.25, 0.3) is 5.91 Å². The van der Waals surface area contributed by atoms with E-state index < -0.39 is 28.6 Å². The number of sulfonamides is 1. The number of likely N-dealkylation sites (N-methyl/N-ethyl adjacent to an activating group) is 1. The number of amides is 1. The molecule has 2 rings (SSSR count). The van der Waals surface area contributed by atoms with Gasteiger partial charge in [-0.1, -0.05) is 30.3 Å². The molecule has 10 heteroatoms. The Hall–Kier alpha value is -2.56. The van der Waals surface area contributed by atoms with E-state index in [-0.39, 0.29) is 17.2 Å². The third kappa shape index (κ3) is 8.38. The number of esters is 1. The van der Waals surface area contributed by atoms with Crippen molar-refractivity contribution < 1.29 is 22.7 Å². The maximum atomic E-state index is 12.6. The molecule has 0 bridgehead atoms. The second kappa shape index (κ2) is 12.6. The molecule has 1 N–H and O–H groups in total. The highest BCUT2D eigenvalue weighted by atomic mass is 32.2. The van der Waals surface area contributed by atoms with E-state index in [2.05, 4.69) is 4.72 Å². The number of nitrogens with one attached hydrogen (secondary N) is 1. The molecular weight excluding hydrogens is 462 g/mol. The van der Waals surface area contributed by atoms with Crippen LogP contribution in [0.2, 0.25) is 0 Å². The SMILES string of the molecule is CSCCC(NS(=O)(=O)c1ccccc1)C(=O)OCC(=O)N(C)Cc1ccc(N(C)C)cc1. The molecule has 0 saturated carbocycles. The normalized spacial score (nSPS) is 12.1. The van der Waals surface area contributed by atoms with Crippen molar-refractivity contribution in [1.82, 2.24) is 9.62 Å². The van der Waals surface area contributed by atoms with Gasteiger partial charge in [-0.25, -0.2) is 8.42 Å². The monoisotopic (exact) mass is 493 g/mol. The number of hydrogen-bond donors (Lipinski definition) is 1. The number of carbonyl (C=O) groups excluding carboxylic acids is 2. The van der Waals surface area contributed by atoms with Crippen LogP contribution in [0.15, 0.2) is 59.5 Å². The van der Waals surface area contributed by atoms with Gasteiger partial charge in [-0.2, -0.15) is 16.5 Å². The number of ether oxygens (including phenoxy) is 1. The van der Waals surface area contributed by atoms with Crippen LogP contribution < -0.4 is 9.62 Å². The lowest BCUT2D eigenvalue weighted by molar-refractivity contribution is -0.153. The summed E-state index contributed by atoms with van der Waals surface area (Å²) in [6.45, 7) is -0.103.